The molecule has 2 N–H and O–H groups in total. The van der Waals surface area contributed by atoms with E-state index < -0.39 is 0 Å². The molecule has 3 heterocycles. The molecule has 20 heavy (non-hydrogen) atoms. The third-order valence-corrected chi connectivity index (χ3v) is 3.29. The van der Waals surface area contributed by atoms with Crippen LogP contribution in [0.25, 0.3) is 11.2 Å². The Morgan fingerprint density at radius 1 is 1.20 bits per heavy atom. The van der Waals surface area contributed by atoms with E-state index in [1.165, 1.54) is 0 Å². The van der Waals surface area contributed by atoms with Gasteiger partial charge in [0.2, 0.25) is 5.95 Å². The number of aryl methyl sites for hydroxylation is 2. The van der Waals surface area contributed by atoms with Gasteiger partial charge in [0.1, 0.15) is 5.82 Å². The molecule has 8 heteroatoms. The van der Waals surface area contributed by atoms with Crippen LogP contribution in [0.2, 0.25) is 0 Å². The maximum absolute atomic E-state index is 4.38. The van der Waals surface area contributed by atoms with Gasteiger partial charge in [0.25, 0.3) is 0 Å². The predicted octanol–water partition coefficient (Wildman–Crippen LogP) is 2.13. The van der Waals surface area contributed by atoms with Gasteiger partial charge in [-0.15, -0.1) is 5.10 Å². The molecular formula is C12H12BrN7. The highest BCUT2D eigenvalue weighted by Gasteiger charge is 2.06. The van der Waals surface area contributed by atoms with Gasteiger partial charge in [-0.25, -0.2) is 15.0 Å². The van der Waals surface area contributed by atoms with Crippen molar-refractivity contribution in [3.05, 3.63) is 33.9 Å². The molecule has 0 amide bonds. The molecule has 0 aromatic carbocycles. The second-order valence-corrected chi connectivity index (χ2v) is 5.28. The predicted molar refractivity (Wildman–Crippen MR) is 78.2 cm³/mol. The molecule has 0 aliphatic carbocycles. The van der Waals surface area contributed by atoms with Crippen molar-refractivity contribution in [3.8, 4) is 0 Å². The van der Waals surface area contributed by atoms with Gasteiger partial charge in [0.15, 0.2) is 5.65 Å². The normalized spacial score (nSPS) is 10.9. The number of nitrogens with zero attached hydrogens (tertiary/aromatic N) is 5. The zero-order chi connectivity index (χ0) is 14.1. The number of hydrogen-bond donors (Lipinski definition) is 2. The number of rotatable bonds is 3. The number of pyridine rings is 1. The van der Waals surface area contributed by atoms with Crippen LogP contribution >= 0.6 is 15.9 Å². The number of hydrogen-bond acceptors (Lipinski definition) is 6. The summed E-state index contributed by atoms with van der Waals surface area (Å²) in [6.07, 6.45) is 1.72. The van der Waals surface area contributed by atoms with Crippen molar-refractivity contribution in [2.24, 2.45) is 0 Å². The van der Waals surface area contributed by atoms with Crippen LogP contribution in [0, 0.1) is 13.8 Å². The molecule has 3 aromatic rings. The van der Waals surface area contributed by atoms with Gasteiger partial charge in [-0.3, -0.25) is 0 Å². The van der Waals surface area contributed by atoms with E-state index in [9.17, 15) is 0 Å². The standard InChI is InChI=1S/C12H12BrN7/c1-6-7(2)19-20-12(16-6)15-5-10-17-9-3-8(13)4-14-11(9)18-10/h3-4H,5H2,1-2H3,(H,14,17,18)(H,15,16,20). The molecule has 7 nitrogen and oxygen atoms in total. The Balaban J connectivity index is 1.77. The number of halogens is 1. The third kappa shape index (κ3) is 2.60. The molecule has 0 aliphatic rings. The molecule has 3 aromatic heterocycles. The lowest BCUT2D eigenvalue weighted by Crippen LogP contribution is -2.07. The van der Waals surface area contributed by atoms with Crippen LogP contribution in [0.3, 0.4) is 0 Å². The molecule has 0 aliphatic heterocycles. The largest absolute Gasteiger partial charge is 0.346 e. The third-order valence-electron chi connectivity index (χ3n) is 2.86. The first-order valence-electron chi connectivity index (χ1n) is 6.04. The van der Waals surface area contributed by atoms with Gasteiger partial charge in [-0.1, -0.05) is 0 Å². The van der Waals surface area contributed by atoms with Gasteiger partial charge < -0.3 is 10.3 Å². The fourth-order valence-electron chi connectivity index (χ4n) is 1.70. The average molecular weight is 334 g/mol. The van der Waals surface area contributed by atoms with Crippen LogP contribution in [0.1, 0.15) is 17.2 Å². The minimum Gasteiger partial charge on any atom is -0.346 e. The number of nitrogens with one attached hydrogen (secondary N) is 2. The molecule has 0 bridgehead atoms. The lowest BCUT2D eigenvalue weighted by molar-refractivity contribution is 0.874. The van der Waals surface area contributed by atoms with E-state index in [1.807, 2.05) is 19.9 Å². The van der Waals surface area contributed by atoms with Crippen molar-refractivity contribution < 1.29 is 0 Å². The highest BCUT2D eigenvalue weighted by Crippen LogP contribution is 2.15. The molecule has 102 valence electrons. The number of H-pyrrole nitrogens is 1. The molecule has 0 atom stereocenters. The summed E-state index contributed by atoms with van der Waals surface area (Å²) in [5, 5.41) is 11.1. The molecule has 0 unspecified atom stereocenters. The fraction of sp³-hybridized carbons (Fsp3) is 0.250. The van der Waals surface area contributed by atoms with Crippen LogP contribution in [0.4, 0.5) is 5.95 Å². The van der Waals surface area contributed by atoms with E-state index in [0.717, 1.165) is 27.2 Å². The summed E-state index contributed by atoms with van der Waals surface area (Å²) in [7, 11) is 0. The summed E-state index contributed by atoms with van der Waals surface area (Å²) < 4.78 is 0.912. The van der Waals surface area contributed by atoms with E-state index in [2.05, 4.69) is 51.4 Å². The van der Waals surface area contributed by atoms with Gasteiger partial charge in [-0.2, -0.15) is 5.10 Å². The van der Waals surface area contributed by atoms with Gasteiger partial charge >= 0.3 is 0 Å². The van der Waals surface area contributed by atoms with Crippen LogP contribution < -0.4 is 5.32 Å². The number of anilines is 1. The zero-order valence-electron chi connectivity index (χ0n) is 11.0. The average Bonchev–Trinajstić information content (AvgIpc) is 2.82. The van der Waals surface area contributed by atoms with Crippen molar-refractivity contribution in [1.82, 2.24) is 30.1 Å². The minimum absolute atomic E-state index is 0.484. The number of aromatic nitrogens is 6. The van der Waals surface area contributed by atoms with E-state index in [4.69, 9.17) is 0 Å². The van der Waals surface area contributed by atoms with E-state index in [-0.39, 0.29) is 0 Å². The highest BCUT2D eigenvalue weighted by atomic mass is 79.9. The Morgan fingerprint density at radius 2 is 2.05 bits per heavy atom. The maximum atomic E-state index is 4.38. The Hall–Kier alpha value is -2.09. The Labute approximate surface area is 123 Å². The van der Waals surface area contributed by atoms with Crippen molar-refractivity contribution in [2.75, 3.05) is 5.32 Å². The number of aromatic amines is 1. The highest BCUT2D eigenvalue weighted by molar-refractivity contribution is 9.10. The Bertz CT molecular complexity index is 768. The van der Waals surface area contributed by atoms with Crippen molar-refractivity contribution in [1.29, 1.82) is 0 Å². The molecule has 3 rings (SSSR count). The number of imidazole rings is 1. The first-order valence-corrected chi connectivity index (χ1v) is 6.83. The molecule has 0 spiro atoms. The molecule has 0 radical (unpaired) electrons. The lowest BCUT2D eigenvalue weighted by atomic mass is 10.4. The summed E-state index contributed by atoms with van der Waals surface area (Å²) in [5.74, 6) is 1.26. The lowest BCUT2D eigenvalue weighted by Gasteiger charge is -2.03. The van der Waals surface area contributed by atoms with E-state index >= 15 is 0 Å². The summed E-state index contributed by atoms with van der Waals surface area (Å²) in [6, 6.07) is 1.94. The zero-order valence-corrected chi connectivity index (χ0v) is 12.6. The summed E-state index contributed by atoms with van der Waals surface area (Å²) in [5.41, 5.74) is 3.26. The van der Waals surface area contributed by atoms with E-state index in [0.29, 0.717) is 18.1 Å². The summed E-state index contributed by atoms with van der Waals surface area (Å²) in [4.78, 5) is 16.1. The smallest absolute Gasteiger partial charge is 0.243 e. The van der Waals surface area contributed by atoms with Crippen molar-refractivity contribution >= 4 is 33.0 Å². The van der Waals surface area contributed by atoms with Crippen molar-refractivity contribution in [2.45, 2.75) is 20.4 Å². The Morgan fingerprint density at radius 3 is 2.85 bits per heavy atom. The van der Waals surface area contributed by atoms with Gasteiger partial charge in [0, 0.05) is 10.7 Å². The molecule has 0 saturated carbocycles. The summed E-state index contributed by atoms with van der Waals surface area (Å²) >= 11 is 3.38. The molecule has 0 fully saturated rings. The number of fused-ring (bicyclic) bond motifs is 1. The van der Waals surface area contributed by atoms with Gasteiger partial charge in [0.05, 0.1) is 23.4 Å². The first kappa shape index (κ1) is 12.9. The van der Waals surface area contributed by atoms with Crippen LogP contribution in [-0.2, 0) is 6.54 Å². The second-order valence-electron chi connectivity index (χ2n) is 4.37. The SMILES string of the molecule is Cc1nnc(NCc2nc3ncc(Br)cc3[nH]2)nc1C. The fourth-order valence-corrected chi connectivity index (χ4v) is 2.03. The molecular weight excluding hydrogens is 322 g/mol. The topological polar surface area (TPSA) is 92.3 Å². The first-order chi connectivity index (χ1) is 9.61. The van der Waals surface area contributed by atoms with E-state index in [1.54, 1.807) is 6.20 Å². The van der Waals surface area contributed by atoms with Gasteiger partial charge in [-0.05, 0) is 35.8 Å². The molecule has 0 saturated heterocycles. The van der Waals surface area contributed by atoms with Crippen LogP contribution in [0.15, 0.2) is 16.7 Å². The maximum Gasteiger partial charge on any atom is 0.243 e. The summed E-state index contributed by atoms with van der Waals surface area (Å²) in [6.45, 7) is 4.26. The quantitative estimate of drug-likeness (QED) is 0.762. The van der Waals surface area contributed by atoms with Crippen LogP contribution in [-0.4, -0.2) is 30.1 Å². The minimum atomic E-state index is 0.484. The van der Waals surface area contributed by atoms with Crippen molar-refractivity contribution in [3.63, 3.8) is 0 Å². The Kier molecular flexibility index (Phi) is 3.31. The van der Waals surface area contributed by atoms with Crippen LogP contribution in [0.5, 0.6) is 0 Å². The second kappa shape index (κ2) is 5.12. The monoisotopic (exact) mass is 333 g/mol.